The Balaban J connectivity index is 2.39. The van der Waals surface area contributed by atoms with Crippen LogP contribution in [0.1, 0.15) is 39.5 Å². The largest absolute Gasteiger partial charge is 0.494 e. The summed E-state index contributed by atoms with van der Waals surface area (Å²) in [6.45, 7) is 4.40. The summed E-state index contributed by atoms with van der Waals surface area (Å²) in [7, 11) is -3.45. The quantitative estimate of drug-likeness (QED) is 0.516. The van der Waals surface area contributed by atoms with Gasteiger partial charge in [0.2, 0.25) is 0 Å². The first-order valence-electron chi connectivity index (χ1n) is 6.72. The van der Waals surface area contributed by atoms with Gasteiger partial charge in [-0.05, 0) is 37.6 Å². The van der Waals surface area contributed by atoms with Gasteiger partial charge in [-0.3, -0.25) is 0 Å². The molecule has 0 radical (unpaired) electrons. The van der Waals surface area contributed by atoms with E-state index in [0.29, 0.717) is 12.4 Å². The zero-order valence-electron chi connectivity index (χ0n) is 11.6. The molecule has 0 aliphatic heterocycles. The topological polar surface area (TPSA) is 52.6 Å². The normalized spacial score (nSPS) is 11.3. The molecular weight excluding hydrogens is 264 g/mol. The second-order valence-electron chi connectivity index (χ2n) is 4.31. The number of rotatable bonds is 9. The summed E-state index contributed by atoms with van der Waals surface area (Å²) in [6.07, 6.45) is 4.64. The molecule has 0 unspecified atom stereocenters. The molecule has 1 aromatic rings. The lowest BCUT2D eigenvalue weighted by Gasteiger charge is -2.08. The zero-order valence-corrected chi connectivity index (χ0v) is 12.4. The molecule has 108 valence electrons. The first-order valence-corrected chi connectivity index (χ1v) is 8.30. The van der Waals surface area contributed by atoms with Crippen LogP contribution in [0.5, 0.6) is 11.5 Å². The number of hydrogen-bond acceptors (Lipinski definition) is 4. The summed E-state index contributed by atoms with van der Waals surface area (Å²) in [4.78, 5) is 0. The predicted octanol–water partition coefficient (Wildman–Crippen LogP) is 3.37. The lowest BCUT2D eigenvalue weighted by atomic mass is 10.2. The van der Waals surface area contributed by atoms with Crippen molar-refractivity contribution in [1.82, 2.24) is 0 Å². The van der Waals surface area contributed by atoms with Crippen LogP contribution in [0.15, 0.2) is 24.3 Å². The van der Waals surface area contributed by atoms with Gasteiger partial charge in [-0.1, -0.05) is 26.2 Å². The van der Waals surface area contributed by atoms with Gasteiger partial charge >= 0.3 is 10.1 Å². The van der Waals surface area contributed by atoms with E-state index in [0.717, 1.165) is 12.2 Å². The molecule has 0 aromatic heterocycles. The highest BCUT2D eigenvalue weighted by molar-refractivity contribution is 7.87. The molecule has 0 bridgehead atoms. The lowest BCUT2D eigenvalue weighted by molar-refractivity contribution is 0.305. The molecule has 0 amide bonds. The molecule has 0 N–H and O–H groups in total. The Kier molecular flexibility index (Phi) is 6.70. The van der Waals surface area contributed by atoms with Gasteiger partial charge in [-0.15, -0.1) is 0 Å². The molecule has 1 rings (SSSR count). The Morgan fingerprint density at radius 2 is 1.58 bits per heavy atom. The van der Waals surface area contributed by atoms with Crippen molar-refractivity contribution in [2.45, 2.75) is 39.5 Å². The van der Waals surface area contributed by atoms with Crippen LogP contribution in [0.2, 0.25) is 0 Å². The molecule has 19 heavy (non-hydrogen) atoms. The highest BCUT2D eigenvalue weighted by Crippen LogP contribution is 2.19. The smallest absolute Gasteiger partial charge is 0.308 e. The standard InChI is InChI=1S/C14H22O4S/c1-3-5-6-7-12-17-13-8-10-14(11-9-13)18-19(15,16)4-2/h8-11H,3-7,12H2,1-2H3. The average molecular weight is 286 g/mol. The predicted molar refractivity (Wildman–Crippen MR) is 76.2 cm³/mol. The van der Waals surface area contributed by atoms with Crippen molar-refractivity contribution in [3.63, 3.8) is 0 Å². The van der Waals surface area contributed by atoms with E-state index >= 15 is 0 Å². The molecular formula is C14H22O4S. The molecule has 0 spiro atoms. The van der Waals surface area contributed by atoms with Crippen molar-refractivity contribution in [2.75, 3.05) is 12.4 Å². The third-order valence-electron chi connectivity index (χ3n) is 2.67. The number of ether oxygens (including phenoxy) is 1. The average Bonchev–Trinajstić information content (AvgIpc) is 2.40. The van der Waals surface area contributed by atoms with E-state index in [1.54, 1.807) is 31.2 Å². The maximum atomic E-state index is 11.3. The highest BCUT2D eigenvalue weighted by atomic mass is 32.2. The third-order valence-corrected chi connectivity index (χ3v) is 3.82. The van der Waals surface area contributed by atoms with Crippen LogP contribution in [0.25, 0.3) is 0 Å². The number of benzene rings is 1. The Bertz CT molecular complexity index is 451. The van der Waals surface area contributed by atoms with E-state index in [2.05, 4.69) is 6.92 Å². The van der Waals surface area contributed by atoms with Gasteiger partial charge < -0.3 is 8.92 Å². The summed E-state index contributed by atoms with van der Waals surface area (Å²) in [5.41, 5.74) is 0. The summed E-state index contributed by atoms with van der Waals surface area (Å²) < 4.78 is 33.0. The minimum absolute atomic E-state index is 0.0390. The van der Waals surface area contributed by atoms with Gasteiger partial charge in [0, 0.05) is 0 Å². The lowest BCUT2D eigenvalue weighted by Crippen LogP contribution is -2.11. The van der Waals surface area contributed by atoms with Crippen LogP contribution >= 0.6 is 0 Å². The van der Waals surface area contributed by atoms with Crippen LogP contribution in [-0.4, -0.2) is 20.8 Å². The monoisotopic (exact) mass is 286 g/mol. The first kappa shape index (κ1) is 15.8. The van der Waals surface area contributed by atoms with E-state index in [9.17, 15) is 8.42 Å². The summed E-state index contributed by atoms with van der Waals surface area (Å²) in [5.74, 6) is 1.01. The van der Waals surface area contributed by atoms with Crippen molar-refractivity contribution in [1.29, 1.82) is 0 Å². The van der Waals surface area contributed by atoms with Gasteiger partial charge in [0.25, 0.3) is 0 Å². The maximum Gasteiger partial charge on any atom is 0.308 e. The fourth-order valence-electron chi connectivity index (χ4n) is 1.52. The van der Waals surface area contributed by atoms with Crippen molar-refractivity contribution >= 4 is 10.1 Å². The molecule has 0 fully saturated rings. The van der Waals surface area contributed by atoms with Gasteiger partial charge in [0.1, 0.15) is 11.5 Å². The van der Waals surface area contributed by atoms with E-state index < -0.39 is 10.1 Å². The Morgan fingerprint density at radius 1 is 0.947 bits per heavy atom. The zero-order chi connectivity index (χ0) is 14.1. The molecule has 5 heteroatoms. The first-order chi connectivity index (χ1) is 9.07. The fourth-order valence-corrected chi connectivity index (χ4v) is 2.04. The van der Waals surface area contributed by atoms with E-state index in [-0.39, 0.29) is 5.75 Å². The van der Waals surface area contributed by atoms with E-state index in [1.165, 1.54) is 19.3 Å². The molecule has 0 atom stereocenters. The molecule has 0 aliphatic carbocycles. The molecule has 0 saturated carbocycles. The van der Waals surface area contributed by atoms with Crippen molar-refractivity contribution in [3.05, 3.63) is 24.3 Å². The number of unbranched alkanes of at least 4 members (excludes halogenated alkanes) is 3. The van der Waals surface area contributed by atoms with Crippen molar-refractivity contribution in [3.8, 4) is 11.5 Å². The van der Waals surface area contributed by atoms with Crippen LogP contribution in [0, 0.1) is 0 Å². The van der Waals surface area contributed by atoms with E-state index in [4.69, 9.17) is 8.92 Å². The molecule has 4 nitrogen and oxygen atoms in total. The summed E-state index contributed by atoms with van der Waals surface area (Å²) in [5, 5.41) is 0. The fraction of sp³-hybridized carbons (Fsp3) is 0.571. The van der Waals surface area contributed by atoms with Crippen LogP contribution in [-0.2, 0) is 10.1 Å². The molecule has 1 aromatic carbocycles. The minimum atomic E-state index is -3.45. The van der Waals surface area contributed by atoms with E-state index in [1.807, 2.05) is 0 Å². The third kappa shape index (κ3) is 6.47. The summed E-state index contributed by atoms with van der Waals surface area (Å²) in [6, 6.07) is 6.66. The Morgan fingerprint density at radius 3 is 2.16 bits per heavy atom. The van der Waals surface area contributed by atoms with Crippen LogP contribution in [0.4, 0.5) is 0 Å². The van der Waals surface area contributed by atoms with Crippen molar-refractivity contribution in [2.24, 2.45) is 0 Å². The highest BCUT2D eigenvalue weighted by Gasteiger charge is 2.08. The molecule has 0 heterocycles. The molecule has 0 aliphatic rings. The summed E-state index contributed by atoms with van der Waals surface area (Å²) >= 11 is 0. The van der Waals surface area contributed by atoms with Gasteiger partial charge in [-0.2, -0.15) is 8.42 Å². The van der Waals surface area contributed by atoms with Gasteiger partial charge in [0.05, 0.1) is 12.4 Å². The van der Waals surface area contributed by atoms with Crippen molar-refractivity contribution < 1.29 is 17.3 Å². The Hall–Kier alpha value is -1.23. The second kappa shape index (κ2) is 8.04. The van der Waals surface area contributed by atoms with Crippen LogP contribution < -0.4 is 8.92 Å². The molecule has 0 saturated heterocycles. The number of hydrogen-bond donors (Lipinski definition) is 0. The maximum absolute atomic E-state index is 11.3. The van der Waals surface area contributed by atoms with Crippen LogP contribution in [0.3, 0.4) is 0 Å². The minimum Gasteiger partial charge on any atom is -0.494 e. The van der Waals surface area contributed by atoms with Gasteiger partial charge in [-0.25, -0.2) is 0 Å². The van der Waals surface area contributed by atoms with Gasteiger partial charge in [0.15, 0.2) is 0 Å². The second-order valence-corrected chi connectivity index (χ2v) is 6.17. The Labute approximate surface area is 115 Å². The SMILES string of the molecule is CCCCCCOc1ccc(OS(=O)(=O)CC)cc1.